The van der Waals surface area contributed by atoms with Crippen molar-refractivity contribution in [2.45, 2.75) is 0 Å². The zero-order valence-corrected chi connectivity index (χ0v) is 6.12. The molecular formula is C6H6N6. The highest BCUT2D eigenvalue weighted by Crippen LogP contribution is 2.02. The number of tetrazole rings is 1. The van der Waals surface area contributed by atoms with E-state index >= 15 is 0 Å². The van der Waals surface area contributed by atoms with Gasteiger partial charge in [0.05, 0.1) is 11.9 Å². The molecule has 2 rings (SSSR count). The third-order valence-electron chi connectivity index (χ3n) is 1.32. The smallest absolute Gasteiger partial charge is 0.176 e. The lowest BCUT2D eigenvalue weighted by Crippen LogP contribution is -2.01. The first kappa shape index (κ1) is 6.71. The molecule has 0 aromatic carbocycles. The maximum atomic E-state index is 5.45. The molecule has 6 nitrogen and oxygen atoms in total. The molecule has 2 N–H and O–H groups in total. The Morgan fingerprint density at radius 3 is 2.83 bits per heavy atom. The van der Waals surface area contributed by atoms with Gasteiger partial charge in [-0.15, -0.1) is 15.0 Å². The van der Waals surface area contributed by atoms with Gasteiger partial charge in [0, 0.05) is 0 Å². The molecule has 6 heteroatoms. The predicted octanol–water partition coefficient (Wildman–Crippen LogP) is -0.361. The minimum absolute atomic E-state index is 0.599. The van der Waals surface area contributed by atoms with E-state index in [9.17, 15) is 0 Å². The molecule has 12 heavy (non-hydrogen) atoms. The van der Waals surface area contributed by atoms with Gasteiger partial charge in [-0.2, -0.15) is 0 Å². The Morgan fingerprint density at radius 2 is 2.25 bits per heavy atom. The van der Waals surface area contributed by atoms with Crippen molar-refractivity contribution in [3.05, 3.63) is 24.7 Å². The monoisotopic (exact) mass is 162 g/mol. The van der Waals surface area contributed by atoms with Crippen LogP contribution < -0.4 is 5.73 Å². The van der Waals surface area contributed by atoms with Crippen LogP contribution in [0.3, 0.4) is 0 Å². The lowest BCUT2D eigenvalue weighted by atomic mass is 10.4. The number of hydrogen-bond acceptors (Lipinski definition) is 5. The van der Waals surface area contributed by atoms with Crippen molar-refractivity contribution in [1.29, 1.82) is 0 Å². The number of aromatic nitrogens is 5. The highest BCUT2D eigenvalue weighted by atomic mass is 15.6. The second-order valence-corrected chi connectivity index (χ2v) is 2.18. The van der Waals surface area contributed by atoms with Gasteiger partial charge in [0.1, 0.15) is 0 Å². The van der Waals surface area contributed by atoms with Gasteiger partial charge in [-0.25, -0.2) is 4.98 Å². The normalized spacial score (nSPS) is 10.0. The summed E-state index contributed by atoms with van der Waals surface area (Å²) in [5.74, 6) is 0.599. The second kappa shape index (κ2) is 2.57. The molecular weight excluding hydrogens is 156 g/mol. The highest BCUT2D eigenvalue weighted by Gasteiger charge is 1.97. The summed E-state index contributed by atoms with van der Waals surface area (Å²) in [7, 11) is 0. The Kier molecular flexibility index (Phi) is 1.44. The fourth-order valence-electron chi connectivity index (χ4n) is 0.788. The average molecular weight is 162 g/mol. The molecule has 0 aliphatic heterocycles. The zero-order chi connectivity index (χ0) is 8.39. The Bertz CT molecular complexity index is 350. The van der Waals surface area contributed by atoms with E-state index in [1.165, 1.54) is 11.1 Å². The van der Waals surface area contributed by atoms with Crippen LogP contribution in [0.1, 0.15) is 0 Å². The number of rotatable bonds is 1. The van der Waals surface area contributed by atoms with E-state index in [-0.39, 0.29) is 0 Å². The summed E-state index contributed by atoms with van der Waals surface area (Å²) in [5, 5.41) is 11.0. The third-order valence-corrected chi connectivity index (χ3v) is 1.32. The van der Waals surface area contributed by atoms with Gasteiger partial charge in [-0.1, -0.05) is 0 Å². The first-order chi connectivity index (χ1) is 5.86. The van der Waals surface area contributed by atoms with E-state index in [4.69, 9.17) is 5.73 Å². The Labute approximate surface area is 68.0 Å². The van der Waals surface area contributed by atoms with Crippen molar-refractivity contribution in [2.75, 3.05) is 5.73 Å². The van der Waals surface area contributed by atoms with Gasteiger partial charge in [0.15, 0.2) is 12.1 Å². The van der Waals surface area contributed by atoms with Crippen LogP contribution in [0.15, 0.2) is 24.7 Å². The van der Waals surface area contributed by atoms with E-state index in [1.807, 2.05) is 0 Å². The van der Waals surface area contributed by atoms with Crippen molar-refractivity contribution in [2.24, 2.45) is 0 Å². The molecule has 0 fully saturated rings. The summed E-state index contributed by atoms with van der Waals surface area (Å²) in [6.07, 6.45) is 2.89. The largest absolute Gasteiger partial charge is 0.397 e. The molecule has 0 unspecified atom stereocenters. The molecule has 2 aromatic heterocycles. The predicted molar refractivity (Wildman–Crippen MR) is 41.4 cm³/mol. The number of anilines is 1. The number of hydrogen-bond donors (Lipinski definition) is 1. The molecule has 0 aliphatic rings. The molecule has 2 aromatic rings. The number of pyridine rings is 1. The molecule has 2 heterocycles. The first-order valence-electron chi connectivity index (χ1n) is 3.31. The molecule has 0 atom stereocenters. The van der Waals surface area contributed by atoms with Gasteiger partial charge < -0.3 is 5.73 Å². The zero-order valence-electron chi connectivity index (χ0n) is 6.12. The van der Waals surface area contributed by atoms with Crippen LogP contribution in [0.4, 0.5) is 5.69 Å². The van der Waals surface area contributed by atoms with Crippen LogP contribution in [-0.2, 0) is 0 Å². The lowest BCUT2D eigenvalue weighted by molar-refractivity contribution is 0.700. The minimum atomic E-state index is 0.599. The van der Waals surface area contributed by atoms with E-state index < -0.39 is 0 Å². The van der Waals surface area contributed by atoms with Crippen LogP contribution in [0.2, 0.25) is 0 Å². The lowest BCUT2D eigenvalue weighted by Gasteiger charge is -1.96. The van der Waals surface area contributed by atoms with Crippen molar-refractivity contribution in [1.82, 2.24) is 25.2 Å². The van der Waals surface area contributed by atoms with Gasteiger partial charge >= 0.3 is 0 Å². The summed E-state index contributed by atoms with van der Waals surface area (Å²) in [6.45, 7) is 0. The molecule has 0 spiro atoms. The SMILES string of the molecule is Nc1ccc(-n2ncnn2)nc1. The average Bonchev–Trinajstić information content (AvgIpc) is 2.58. The van der Waals surface area contributed by atoms with Gasteiger partial charge in [0.25, 0.3) is 0 Å². The third kappa shape index (κ3) is 1.09. The van der Waals surface area contributed by atoms with E-state index in [2.05, 4.69) is 20.4 Å². The van der Waals surface area contributed by atoms with Crippen LogP contribution >= 0.6 is 0 Å². The number of nitrogen functional groups attached to an aromatic ring is 1. The van der Waals surface area contributed by atoms with E-state index in [0.717, 1.165) is 0 Å². The van der Waals surface area contributed by atoms with Gasteiger partial charge in [-0.3, -0.25) is 0 Å². The second-order valence-electron chi connectivity index (χ2n) is 2.18. The fourth-order valence-corrected chi connectivity index (χ4v) is 0.788. The first-order valence-corrected chi connectivity index (χ1v) is 3.31. The molecule has 0 radical (unpaired) electrons. The number of nitrogens with zero attached hydrogens (tertiary/aromatic N) is 5. The van der Waals surface area contributed by atoms with E-state index in [1.54, 1.807) is 18.3 Å². The Balaban J connectivity index is 2.43. The molecule has 0 amide bonds. The summed E-state index contributed by atoms with van der Waals surface area (Å²) in [6, 6.07) is 3.45. The summed E-state index contributed by atoms with van der Waals surface area (Å²) >= 11 is 0. The fraction of sp³-hybridized carbons (Fsp3) is 0. The molecule has 0 saturated carbocycles. The summed E-state index contributed by atoms with van der Waals surface area (Å²) in [5.41, 5.74) is 6.06. The number of nitrogens with two attached hydrogens (primary N) is 1. The van der Waals surface area contributed by atoms with Crippen LogP contribution in [0.5, 0.6) is 0 Å². The van der Waals surface area contributed by atoms with Crippen molar-refractivity contribution in [3.8, 4) is 5.82 Å². The van der Waals surface area contributed by atoms with Gasteiger partial charge in [0.2, 0.25) is 0 Å². The Morgan fingerprint density at radius 1 is 1.33 bits per heavy atom. The quantitative estimate of drug-likeness (QED) is 0.619. The highest BCUT2D eigenvalue weighted by molar-refractivity contribution is 5.37. The van der Waals surface area contributed by atoms with Crippen molar-refractivity contribution < 1.29 is 0 Å². The van der Waals surface area contributed by atoms with Crippen LogP contribution in [0.25, 0.3) is 5.82 Å². The van der Waals surface area contributed by atoms with E-state index in [0.29, 0.717) is 11.5 Å². The standard InChI is InChI=1S/C6H6N6/c7-5-1-2-6(8-3-5)12-10-4-9-11-12/h1-4H,7H2. The maximum absolute atomic E-state index is 5.45. The minimum Gasteiger partial charge on any atom is -0.397 e. The molecule has 0 bridgehead atoms. The molecule has 0 saturated heterocycles. The molecule has 60 valence electrons. The van der Waals surface area contributed by atoms with Crippen molar-refractivity contribution in [3.63, 3.8) is 0 Å². The van der Waals surface area contributed by atoms with Gasteiger partial charge in [-0.05, 0) is 17.3 Å². The summed E-state index contributed by atoms with van der Waals surface area (Å²) < 4.78 is 0. The summed E-state index contributed by atoms with van der Waals surface area (Å²) in [4.78, 5) is 5.31. The van der Waals surface area contributed by atoms with Crippen LogP contribution in [-0.4, -0.2) is 25.2 Å². The Hall–Kier alpha value is -1.98. The topological polar surface area (TPSA) is 82.5 Å². The maximum Gasteiger partial charge on any atom is 0.176 e. The van der Waals surface area contributed by atoms with Crippen molar-refractivity contribution >= 4 is 5.69 Å². The van der Waals surface area contributed by atoms with Crippen LogP contribution in [0, 0.1) is 0 Å². The molecule has 0 aliphatic carbocycles.